The van der Waals surface area contributed by atoms with E-state index < -0.39 is 6.04 Å². The molecule has 0 saturated carbocycles. The zero-order valence-electron chi connectivity index (χ0n) is 15.0. The molecule has 2 N–H and O–H groups in total. The van der Waals surface area contributed by atoms with Gasteiger partial charge >= 0.3 is 0 Å². The molecule has 2 aliphatic heterocycles. The molecule has 0 radical (unpaired) electrons. The molecule has 2 heterocycles. The highest BCUT2D eigenvalue weighted by molar-refractivity contribution is 6.00. The normalized spacial score (nSPS) is 16.2. The van der Waals surface area contributed by atoms with E-state index in [-0.39, 0.29) is 25.2 Å². The highest BCUT2D eigenvalue weighted by Gasteiger charge is 2.20. The standard InChI is InChI=1S/C19H23N3O4/c1-3-22-8-4-5-15(10-22)19(24)21-11-20-13(2)18(23)14-6-7-16-17(9-14)26-12-25-16/h4,6-10,13,20H,3,5,11-12H2,1-2H3,(H,21,24). The van der Waals surface area contributed by atoms with E-state index in [4.69, 9.17) is 9.47 Å². The maximum atomic E-state index is 12.5. The molecule has 1 aromatic rings. The van der Waals surface area contributed by atoms with Gasteiger partial charge in [0.1, 0.15) is 0 Å². The van der Waals surface area contributed by atoms with E-state index in [2.05, 4.69) is 10.6 Å². The number of ketones is 1. The molecule has 1 atom stereocenters. The van der Waals surface area contributed by atoms with Crippen LogP contribution in [0.15, 0.2) is 42.2 Å². The summed E-state index contributed by atoms with van der Waals surface area (Å²) in [5.74, 6) is 1.01. The minimum atomic E-state index is -0.442. The van der Waals surface area contributed by atoms with Crippen LogP contribution >= 0.6 is 0 Å². The van der Waals surface area contributed by atoms with Gasteiger partial charge in [0.05, 0.1) is 12.7 Å². The Morgan fingerprint density at radius 2 is 2.08 bits per heavy atom. The first-order valence-corrected chi connectivity index (χ1v) is 8.67. The van der Waals surface area contributed by atoms with Crippen molar-refractivity contribution in [1.82, 2.24) is 15.5 Å². The monoisotopic (exact) mass is 357 g/mol. The molecule has 1 unspecified atom stereocenters. The second-order valence-corrected chi connectivity index (χ2v) is 6.11. The SMILES string of the molecule is CCN1C=CCC(C(=O)NCNC(C)C(=O)c2ccc3c(c2)OCO3)=C1. The predicted octanol–water partition coefficient (Wildman–Crippen LogP) is 1.77. The topological polar surface area (TPSA) is 79.9 Å². The highest BCUT2D eigenvalue weighted by Crippen LogP contribution is 2.32. The number of nitrogens with zero attached hydrogens (tertiary/aromatic N) is 1. The minimum Gasteiger partial charge on any atom is -0.454 e. The lowest BCUT2D eigenvalue weighted by molar-refractivity contribution is -0.117. The van der Waals surface area contributed by atoms with Crippen molar-refractivity contribution in [3.63, 3.8) is 0 Å². The van der Waals surface area contributed by atoms with Gasteiger partial charge in [-0.2, -0.15) is 0 Å². The molecule has 138 valence electrons. The van der Waals surface area contributed by atoms with E-state index in [1.54, 1.807) is 25.1 Å². The van der Waals surface area contributed by atoms with Crippen LogP contribution in [0.1, 0.15) is 30.6 Å². The van der Waals surface area contributed by atoms with Gasteiger partial charge < -0.3 is 19.7 Å². The van der Waals surface area contributed by atoms with E-state index in [1.165, 1.54) is 0 Å². The highest BCUT2D eigenvalue weighted by atomic mass is 16.7. The number of hydrogen-bond acceptors (Lipinski definition) is 6. The van der Waals surface area contributed by atoms with Crippen molar-refractivity contribution in [2.24, 2.45) is 0 Å². The molecule has 0 bridgehead atoms. The quantitative estimate of drug-likeness (QED) is 0.572. The van der Waals surface area contributed by atoms with E-state index >= 15 is 0 Å². The molecule has 3 rings (SSSR count). The number of fused-ring (bicyclic) bond motifs is 1. The van der Waals surface area contributed by atoms with Gasteiger partial charge in [-0.05, 0) is 44.7 Å². The van der Waals surface area contributed by atoms with Crippen LogP contribution in [0.5, 0.6) is 11.5 Å². The van der Waals surface area contributed by atoms with Gasteiger partial charge in [0.2, 0.25) is 12.7 Å². The first-order valence-electron chi connectivity index (χ1n) is 8.67. The van der Waals surface area contributed by atoms with Crippen LogP contribution in [0.25, 0.3) is 0 Å². The number of benzene rings is 1. The van der Waals surface area contributed by atoms with Crippen molar-refractivity contribution in [3.05, 3.63) is 47.8 Å². The van der Waals surface area contributed by atoms with Gasteiger partial charge in [0, 0.05) is 23.9 Å². The molecule has 0 saturated heterocycles. The molecule has 7 heteroatoms. The first kappa shape index (κ1) is 18.0. The van der Waals surface area contributed by atoms with Crippen molar-refractivity contribution in [2.75, 3.05) is 20.0 Å². The number of carbonyl (C=O) groups excluding carboxylic acids is 2. The molecule has 7 nitrogen and oxygen atoms in total. The molecule has 1 aromatic carbocycles. The van der Waals surface area contributed by atoms with E-state index in [1.807, 2.05) is 30.3 Å². The number of nitrogens with one attached hydrogen (secondary N) is 2. The van der Waals surface area contributed by atoms with Crippen molar-refractivity contribution in [2.45, 2.75) is 26.3 Å². The van der Waals surface area contributed by atoms with E-state index in [9.17, 15) is 9.59 Å². The minimum absolute atomic E-state index is 0.0745. The van der Waals surface area contributed by atoms with Crippen molar-refractivity contribution < 1.29 is 19.1 Å². The number of ether oxygens (including phenoxy) is 2. The molecule has 0 aliphatic carbocycles. The van der Waals surface area contributed by atoms with Crippen LogP contribution in [-0.4, -0.2) is 42.6 Å². The molecular weight excluding hydrogens is 334 g/mol. The summed E-state index contributed by atoms with van der Waals surface area (Å²) in [6.07, 6.45) is 6.36. The number of carbonyl (C=O) groups is 2. The summed E-state index contributed by atoms with van der Waals surface area (Å²) >= 11 is 0. The third-order valence-corrected chi connectivity index (χ3v) is 4.32. The van der Waals surface area contributed by atoms with Crippen LogP contribution in [0, 0.1) is 0 Å². The predicted molar refractivity (Wildman–Crippen MR) is 96.7 cm³/mol. The lowest BCUT2D eigenvalue weighted by Crippen LogP contribution is -2.42. The van der Waals surface area contributed by atoms with Crippen molar-refractivity contribution >= 4 is 11.7 Å². The molecule has 1 amide bonds. The smallest absolute Gasteiger partial charge is 0.249 e. The summed E-state index contributed by atoms with van der Waals surface area (Å²) in [6.45, 7) is 4.98. The Morgan fingerprint density at radius 1 is 1.27 bits per heavy atom. The Kier molecular flexibility index (Phi) is 5.58. The Balaban J connectivity index is 1.49. The summed E-state index contributed by atoms with van der Waals surface area (Å²) in [4.78, 5) is 26.7. The molecule has 0 spiro atoms. The van der Waals surface area contributed by atoms with Crippen LogP contribution in [0.3, 0.4) is 0 Å². The van der Waals surface area contributed by atoms with Gasteiger partial charge in [0.15, 0.2) is 17.3 Å². The Bertz CT molecular complexity index is 757. The molecule has 2 aliphatic rings. The first-order chi connectivity index (χ1) is 12.6. The largest absolute Gasteiger partial charge is 0.454 e. The summed E-state index contributed by atoms with van der Waals surface area (Å²) in [5.41, 5.74) is 1.24. The van der Waals surface area contributed by atoms with Gasteiger partial charge in [-0.3, -0.25) is 14.9 Å². The Morgan fingerprint density at radius 3 is 2.88 bits per heavy atom. The summed E-state index contributed by atoms with van der Waals surface area (Å²) in [7, 11) is 0. The van der Waals surface area contributed by atoms with Gasteiger partial charge in [-0.1, -0.05) is 6.08 Å². The lowest BCUT2D eigenvalue weighted by atomic mass is 10.1. The maximum Gasteiger partial charge on any atom is 0.249 e. The van der Waals surface area contributed by atoms with Crippen LogP contribution in [0.2, 0.25) is 0 Å². The molecule has 0 aromatic heterocycles. The second kappa shape index (κ2) is 8.05. The zero-order chi connectivity index (χ0) is 18.5. The van der Waals surface area contributed by atoms with E-state index in [0.29, 0.717) is 29.1 Å². The van der Waals surface area contributed by atoms with Crippen molar-refractivity contribution in [3.8, 4) is 11.5 Å². The van der Waals surface area contributed by atoms with E-state index in [0.717, 1.165) is 6.54 Å². The zero-order valence-corrected chi connectivity index (χ0v) is 15.0. The fourth-order valence-electron chi connectivity index (χ4n) is 2.75. The van der Waals surface area contributed by atoms with Crippen LogP contribution in [-0.2, 0) is 4.79 Å². The third-order valence-electron chi connectivity index (χ3n) is 4.32. The molecule has 0 fully saturated rings. The van der Waals surface area contributed by atoms with Crippen LogP contribution in [0.4, 0.5) is 0 Å². The lowest BCUT2D eigenvalue weighted by Gasteiger charge is -2.20. The van der Waals surface area contributed by atoms with Gasteiger partial charge in [-0.25, -0.2) is 0 Å². The number of allylic oxidation sites excluding steroid dienone is 1. The number of rotatable bonds is 7. The average Bonchev–Trinajstić information content (AvgIpc) is 3.15. The van der Waals surface area contributed by atoms with Crippen LogP contribution < -0.4 is 20.1 Å². The van der Waals surface area contributed by atoms with Crippen molar-refractivity contribution in [1.29, 1.82) is 0 Å². The fraction of sp³-hybridized carbons (Fsp3) is 0.368. The van der Waals surface area contributed by atoms with Gasteiger partial charge in [0.25, 0.3) is 0 Å². The van der Waals surface area contributed by atoms with Gasteiger partial charge in [-0.15, -0.1) is 0 Å². The average molecular weight is 357 g/mol. The molecule has 26 heavy (non-hydrogen) atoms. The maximum absolute atomic E-state index is 12.5. The number of amides is 1. The third kappa shape index (κ3) is 4.05. The Hall–Kier alpha value is -2.80. The number of hydrogen-bond donors (Lipinski definition) is 2. The Labute approximate surface area is 152 Å². The second-order valence-electron chi connectivity index (χ2n) is 6.11. The summed E-state index contributed by atoms with van der Waals surface area (Å²) < 4.78 is 10.5. The number of Topliss-reactive ketones (excluding diaryl/α,β-unsaturated/α-hetero) is 1. The molecular formula is C19H23N3O4. The summed E-state index contributed by atoms with van der Waals surface area (Å²) in [5, 5.41) is 5.83. The fourth-order valence-corrected chi connectivity index (χ4v) is 2.75. The summed E-state index contributed by atoms with van der Waals surface area (Å²) in [6, 6.07) is 4.68.